The van der Waals surface area contributed by atoms with Crippen LogP contribution < -0.4 is 10.1 Å². The van der Waals surface area contributed by atoms with Gasteiger partial charge in [-0.1, -0.05) is 6.07 Å². The molecule has 2 aromatic carbocycles. The molecule has 0 aromatic heterocycles. The average Bonchev–Trinajstić information content (AvgIpc) is 2.45. The van der Waals surface area contributed by atoms with E-state index < -0.39 is 17.5 Å². The highest BCUT2D eigenvalue weighted by Crippen LogP contribution is 2.19. The maximum Gasteiger partial charge on any atom is 0.251 e. The van der Waals surface area contributed by atoms with E-state index in [9.17, 15) is 13.6 Å². The van der Waals surface area contributed by atoms with E-state index in [4.69, 9.17) is 4.74 Å². The number of carbonyl (C=O) groups is 1. The summed E-state index contributed by atoms with van der Waals surface area (Å²) in [6.45, 7) is 0.0935. The van der Waals surface area contributed by atoms with Gasteiger partial charge in [0.25, 0.3) is 5.91 Å². The predicted molar refractivity (Wildman–Crippen MR) is 70.5 cm³/mol. The summed E-state index contributed by atoms with van der Waals surface area (Å²) in [5.41, 5.74) is 0.720. The third-order valence-corrected chi connectivity index (χ3v) is 2.77. The molecule has 0 saturated carbocycles. The number of hydrogen-bond donors (Lipinski definition) is 1. The average molecular weight is 277 g/mol. The predicted octanol–water partition coefficient (Wildman–Crippen LogP) is 2.90. The molecule has 0 aliphatic rings. The lowest BCUT2D eigenvalue weighted by molar-refractivity contribution is 0.0950. The zero-order valence-corrected chi connectivity index (χ0v) is 10.8. The van der Waals surface area contributed by atoms with Crippen molar-refractivity contribution in [1.29, 1.82) is 0 Å². The summed E-state index contributed by atoms with van der Waals surface area (Å²) in [6.07, 6.45) is 0. The normalized spacial score (nSPS) is 10.2. The number of halogens is 2. The summed E-state index contributed by atoms with van der Waals surface area (Å²) >= 11 is 0. The van der Waals surface area contributed by atoms with Crippen molar-refractivity contribution in [3.63, 3.8) is 0 Å². The van der Waals surface area contributed by atoms with Crippen LogP contribution in [0, 0.1) is 11.6 Å². The van der Waals surface area contributed by atoms with Crippen LogP contribution in [-0.2, 0) is 6.54 Å². The Morgan fingerprint density at radius 1 is 1.15 bits per heavy atom. The van der Waals surface area contributed by atoms with Gasteiger partial charge in [-0.2, -0.15) is 0 Å². The van der Waals surface area contributed by atoms with Crippen molar-refractivity contribution in [2.45, 2.75) is 6.54 Å². The van der Waals surface area contributed by atoms with Crippen LogP contribution in [0.3, 0.4) is 0 Å². The largest absolute Gasteiger partial charge is 0.496 e. The number of amides is 1. The van der Waals surface area contributed by atoms with Crippen molar-refractivity contribution < 1.29 is 18.3 Å². The molecular formula is C15H13F2NO2. The Morgan fingerprint density at radius 2 is 1.90 bits per heavy atom. The van der Waals surface area contributed by atoms with Gasteiger partial charge in [-0.05, 0) is 36.4 Å². The van der Waals surface area contributed by atoms with Crippen LogP contribution >= 0.6 is 0 Å². The smallest absolute Gasteiger partial charge is 0.251 e. The summed E-state index contributed by atoms with van der Waals surface area (Å²) in [7, 11) is 1.46. The summed E-state index contributed by atoms with van der Waals surface area (Å²) < 4.78 is 31.3. The molecule has 5 heteroatoms. The summed E-state index contributed by atoms with van der Waals surface area (Å²) in [6, 6.07) is 9.39. The van der Waals surface area contributed by atoms with Gasteiger partial charge in [0.05, 0.1) is 7.11 Å². The summed E-state index contributed by atoms with van der Waals surface area (Å²) in [4.78, 5) is 11.8. The van der Waals surface area contributed by atoms with Crippen LogP contribution in [0.4, 0.5) is 8.78 Å². The molecule has 0 bridgehead atoms. The molecule has 0 spiro atoms. The Balaban J connectivity index is 2.09. The lowest BCUT2D eigenvalue weighted by Crippen LogP contribution is -2.23. The van der Waals surface area contributed by atoms with E-state index in [2.05, 4.69) is 5.32 Å². The van der Waals surface area contributed by atoms with E-state index >= 15 is 0 Å². The van der Waals surface area contributed by atoms with E-state index in [1.165, 1.54) is 43.5 Å². The Kier molecular flexibility index (Phi) is 4.30. The van der Waals surface area contributed by atoms with Crippen molar-refractivity contribution in [3.05, 3.63) is 65.2 Å². The standard InChI is InChI=1S/C15H13F2NO2/c1-20-14-6-5-13(17)8-11(14)9-18-15(19)10-3-2-4-12(16)7-10/h2-8H,9H2,1H3,(H,18,19). The lowest BCUT2D eigenvalue weighted by Gasteiger charge is -2.10. The topological polar surface area (TPSA) is 38.3 Å². The van der Waals surface area contributed by atoms with Gasteiger partial charge in [0.1, 0.15) is 17.4 Å². The summed E-state index contributed by atoms with van der Waals surface area (Å²) in [5.74, 6) is -0.858. The third kappa shape index (κ3) is 3.32. The first-order valence-electron chi connectivity index (χ1n) is 5.96. The minimum absolute atomic E-state index is 0.0935. The van der Waals surface area contributed by atoms with Gasteiger partial charge in [0, 0.05) is 17.7 Å². The Bertz CT molecular complexity index is 629. The number of nitrogens with one attached hydrogen (secondary N) is 1. The lowest BCUT2D eigenvalue weighted by atomic mass is 10.1. The monoisotopic (exact) mass is 277 g/mol. The van der Waals surface area contributed by atoms with Gasteiger partial charge in [-0.15, -0.1) is 0 Å². The molecule has 0 atom stereocenters. The molecule has 0 unspecified atom stereocenters. The van der Waals surface area contributed by atoms with Gasteiger partial charge < -0.3 is 10.1 Å². The fourth-order valence-corrected chi connectivity index (χ4v) is 1.79. The molecule has 0 heterocycles. The van der Waals surface area contributed by atoms with Gasteiger partial charge in [-0.25, -0.2) is 8.78 Å². The molecular weight excluding hydrogens is 264 g/mol. The molecule has 0 aliphatic carbocycles. The fraction of sp³-hybridized carbons (Fsp3) is 0.133. The molecule has 3 nitrogen and oxygen atoms in total. The zero-order valence-electron chi connectivity index (χ0n) is 10.8. The SMILES string of the molecule is COc1ccc(F)cc1CNC(=O)c1cccc(F)c1. The number of benzene rings is 2. The van der Waals surface area contributed by atoms with E-state index in [0.29, 0.717) is 11.3 Å². The van der Waals surface area contributed by atoms with Crippen LogP contribution in [0.1, 0.15) is 15.9 Å². The summed E-state index contributed by atoms with van der Waals surface area (Å²) in [5, 5.41) is 2.59. The van der Waals surface area contributed by atoms with Crippen molar-refractivity contribution in [2.75, 3.05) is 7.11 Å². The Labute approximate surface area is 115 Å². The van der Waals surface area contributed by atoms with E-state index in [1.807, 2.05) is 0 Å². The van der Waals surface area contributed by atoms with Crippen LogP contribution in [0.5, 0.6) is 5.75 Å². The van der Waals surface area contributed by atoms with Crippen molar-refractivity contribution in [1.82, 2.24) is 5.32 Å². The highest BCUT2D eigenvalue weighted by molar-refractivity contribution is 5.94. The van der Waals surface area contributed by atoms with E-state index in [-0.39, 0.29) is 12.1 Å². The Hall–Kier alpha value is -2.43. The third-order valence-electron chi connectivity index (χ3n) is 2.77. The molecule has 1 amide bonds. The molecule has 2 aromatic rings. The molecule has 1 N–H and O–H groups in total. The van der Waals surface area contributed by atoms with Crippen LogP contribution in [0.15, 0.2) is 42.5 Å². The molecule has 0 aliphatic heterocycles. The number of rotatable bonds is 4. The second-order valence-electron chi connectivity index (χ2n) is 4.15. The Morgan fingerprint density at radius 3 is 2.60 bits per heavy atom. The van der Waals surface area contributed by atoms with Crippen molar-refractivity contribution >= 4 is 5.91 Å². The first-order valence-corrected chi connectivity index (χ1v) is 5.96. The van der Waals surface area contributed by atoms with E-state index in [1.54, 1.807) is 0 Å². The van der Waals surface area contributed by atoms with Crippen LogP contribution in [0.25, 0.3) is 0 Å². The quantitative estimate of drug-likeness (QED) is 0.933. The fourth-order valence-electron chi connectivity index (χ4n) is 1.79. The molecule has 104 valence electrons. The molecule has 0 radical (unpaired) electrons. The minimum atomic E-state index is -0.485. The van der Waals surface area contributed by atoms with Crippen molar-refractivity contribution in [2.24, 2.45) is 0 Å². The van der Waals surface area contributed by atoms with Crippen molar-refractivity contribution in [3.8, 4) is 5.75 Å². The van der Waals surface area contributed by atoms with Crippen LogP contribution in [0.2, 0.25) is 0 Å². The zero-order chi connectivity index (χ0) is 14.5. The maximum absolute atomic E-state index is 13.2. The molecule has 2 rings (SSSR count). The minimum Gasteiger partial charge on any atom is -0.496 e. The highest BCUT2D eigenvalue weighted by atomic mass is 19.1. The number of methoxy groups -OCH3 is 1. The van der Waals surface area contributed by atoms with E-state index in [0.717, 1.165) is 6.07 Å². The second-order valence-corrected chi connectivity index (χ2v) is 4.15. The first-order chi connectivity index (χ1) is 9.60. The van der Waals surface area contributed by atoms with Gasteiger partial charge in [0.2, 0.25) is 0 Å². The number of ether oxygens (including phenoxy) is 1. The molecule has 0 fully saturated rings. The first kappa shape index (κ1) is 14.0. The molecule has 20 heavy (non-hydrogen) atoms. The number of hydrogen-bond acceptors (Lipinski definition) is 2. The van der Waals surface area contributed by atoms with Crippen LogP contribution in [-0.4, -0.2) is 13.0 Å². The maximum atomic E-state index is 13.2. The highest BCUT2D eigenvalue weighted by Gasteiger charge is 2.09. The second kappa shape index (κ2) is 6.14. The van der Waals surface area contributed by atoms with Gasteiger partial charge in [0.15, 0.2) is 0 Å². The van der Waals surface area contributed by atoms with Gasteiger partial charge in [-0.3, -0.25) is 4.79 Å². The molecule has 0 saturated heterocycles. The number of carbonyl (C=O) groups excluding carboxylic acids is 1. The van der Waals surface area contributed by atoms with Gasteiger partial charge >= 0.3 is 0 Å².